The van der Waals surface area contributed by atoms with Gasteiger partial charge in [0.2, 0.25) is 0 Å². The third-order valence-corrected chi connectivity index (χ3v) is 4.18. The van der Waals surface area contributed by atoms with E-state index in [1.54, 1.807) is 6.07 Å². The van der Waals surface area contributed by atoms with Gasteiger partial charge in [-0.2, -0.15) is 0 Å². The Kier molecular flexibility index (Phi) is 4.10. The van der Waals surface area contributed by atoms with Crippen molar-refractivity contribution in [2.45, 2.75) is 12.2 Å². The van der Waals surface area contributed by atoms with Crippen LogP contribution in [0.5, 0.6) is 0 Å². The molecule has 2 saturated heterocycles. The molecule has 0 amide bonds. The molecule has 0 aliphatic carbocycles. The summed E-state index contributed by atoms with van der Waals surface area (Å²) in [4.78, 5) is 16.1. The fourth-order valence-electron chi connectivity index (χ4n) is 2.87. The Bertz CT molecular complexity index is 519. The summed E-state index contributed by atoms with van der Waals surface area (Å²) >= 11 is 0. The average Bonchev–Trinajstić information content (AvgIpc) is 2.46. The highest BCUT2D eigenvalue weighted by molar-refractivity contribution is 5.90. The second kappa shape index (κ2) is 6.01. The van der Waals surface area contributed by atoms with Crippen LogP contribution in [0, 0.1) is 0 Å². The minimum absolute atomic E-state index is 0.00515. The molecule has 0 aromatic heterocycles. The van der Waals surface area contributed by atoms with E-state index in [1.165, 1.54) is 7.11 Å². The molecule has 0 saturated carbocycles. The number of nitrogens with two attached hydrogens (primary N) is 1. The molecule has 2 heterocycles. The lowest BCUT2D eigenvalue weighted by molar-refractivity contribution is -0.0809. The largest absolute Gasteiger partial charge is 0.465 e. The van der Waals surface area contributed by atoms with Crippen LogP contribution in [0.15, 0.2) is 24.3 Å². The summed E-state index contributed by atoms with van der Waals surface area (Å²) in [5, 5.41) is 0. The molecule has 114 valence electrons. The van der Waals surface area contributed by atoms with Crippen molar-refractivity contribution in [3.05, 3.63) is 29.8 Å². The van der Waals surface area contributed by atoms with Crippen LogP contribution in [0.1, 0.15) is 10.4 Å². The molecular weight excluding hydrogens is 270 g/mol. The third kappa shape index (κ3) is 2.88. The van der Waals surface area contributed by atoms with Crippen molar-refractivity contribution in [2.24, 2.45) is 5.73 Å². The molecule has 2 aliphatic rings. The number of hydrogen-bond donors (Lipinski definition) is 1. The molecular formula is C15H21N3O3. The summed E-state index contributed by atoms with van der Waals surface area (Å²) in [7, 11) is 1.39. The van der Waals surface area contributed by atoms with Crippen molar-refractivity contribution in [3.8, 4) is 0 Å². The number of methoxy groups -OCH3 is 1. The third-order valence-electron chi connectivity index (χ3n) is 4.18. The number of anilines is 1. The lowest BCUT2D eigenvalue weighted by atomic mass is 10.1. The maximum absolute atomic E-state index is 11.6. The Morgan fingerprint density at radius 2 is 2.19 bits per heavy atom. The van der Waals surface area contributed by atoms with Crippen LogP contribution in [0.4, 0.5) is 5.69 Å². The van der Waals surface area contributed by atoms with Gasteiger partial charge in [-0.05, 0) is 18.2 Å². The number of piperazine rings is 1. The molecule has 0 spiro atoms. The number of rotatable bonds is 3. The Morgan fingerprint density at radius 1 is 1.38 bits per heavy atom. The molecule has 1 aromatic rings. The molecule has 6 heteroatoms. The van der Waals surface area contributed by atoms with Crippen LogP contribution in [0.3, 0.4) is 0 Å². The molecule has 6 nitrogen and oxygen atoms in total. The summed E-state index contributed by atoms with van der Waals surface area (Å²) in [5.74, 6) is -0.314. The van der Waals surface area contributed by atoms with Crippen LogP contribution in [0.2, 0.25) is 0 Å². The number of carbonyl (C=O) groups excluding carboxylic acids is 1. The first kappa shape index (κ1) is 14.3. The fourth-order valence-corrected chi connectivity index (χ4v) is 2.87. The van der Waals surface area contributed by atoms with Crippen LogP contribution in [0.25, 0.3) is 0 Å². The molecule has 0 radical (unpaired) electrons. The zero-order valence-corrected chi connectivity index (χ0v) is 12.2. The van der Waals surface area contributed by atoms with Gasteiger partial charge in [-0.25, -0.2) is 4.79 Å². The highest BCUT2D eigenvalue weighted by Crippen LogP contribution is 2.22. The number of esters is 1. The second-order valence-corrected chi connectivity index (χ2v) is 5.48. The summed E-state index contributed by atoms with van der Waals surface area (Å²) in [5.41, 5.74) is 7.86. The Labute approximate surface area is 124 Å². The standard InChI is InChI=1S/C15H21N3O3/c1-20-15(19)11-3-2-4-12(7-11)17-5-6-18(14(16)8-17)13-9-21-10-13/h2-4,7,13-14H,5-6,8-10,16H2,1H3. The lowest BCUT2D eigenvalue weighted by Crippen LogP contribution is -2.64. The maximum Gasteiger partial charge on any atom is 0.337 e. The number of benzene rings is 1. The van der Waals surface area contributed by atoms with Gasteiger partial charge >= 0.3 is 5.97 Å². The van der Waals surface area contributed by atoms with E-state index < -0.39 is 0 Å². The van der Waals surface area contributed by atoms with E-state index >= 15 is 0 Å². The molecule has 1 atom stereocenters. The summed E-state index contributed by atoms with van der Waals surface area (Å²) in [6.07, 6.45) is -0.00515. The van der Waals surface area contributed by atoms with E-state index in [0.29, 0.717) is 11.6 Å². The smallest absolute Gasteiger partial charge is 0.337 e. The minimum Gasteiger partial charge on any atom is -0.465 e. The topological polar surface area (TPSA) is 68.0 Å². The SMILES string of the molecule is COC(=O)c1cccc(N2CCN(C3COC3)C(N)C2)c1. The molecule has 2 N–H and O–H groups in total. The zero-order valence-electron chi connectivity index (χ0n) is 12.2. The average molecular weight is 291 g/mol. The highest BCUT2D eigenvalue weighted by atomic mass is 16.5. The maximum atomic E-state index is 11.6. The first-order valence-electron chi connectivity index (χ1n) is 7.21. The quantitative estimate of drug-likeness (QED) is 0.807. The number of nitrogens with zero attached hydrogens (tertiary/aromatic N) is 2. The van der Waals surface area contributed by atoms with Gasteiger partial charge in [-0.3, -0.25) is 4.90 Å². The molecule has 3 rings (SSSR count). The van der Waals surface area contributed by atoms with Gasteiger partial charge in [0.25, 0.3) is 0 Å². The van der Waals surface area contributed by atoms with Crippen molar-refractivity contribution < 1.29 is 14.3 Å². The number of hydrogen-bond acceptors (Lipinski definition) is 6. The monoisotopic (exact) mass is 291 g/mol. The van der Waals surface area contributed by atoms with E-state index in [-0.39, 0.29) is 12.1 Å². The van der Waals surface area contributed by atoms with E-state index in [0.717, 1.165) is 38.5 Å². The van der Waals surface area contributed by atoms with E-state index in [9.17, 15) is 4.79 Å². The predicted octanol–water partition coefficient (Wildman–Crippen LogP) is 0.279. The van der Waals surface area contributed by atoms with Gasteiger partial charge in [0, 0.05) is 25.3 Å². The van der Waals surface area contributed by atoms with Crippen molar-refractivity contribution in [1.29, 1.82) is 0 Å². The van der Waals surface area contributed by atoms with E-state index in [2.05, 4.69) is 9.80 Å². The van der Waals surface area contributed by atoms with E-state index in [1.807, 2.05) is 18.2 Å². The normalized spacial score (nSPS) is 23.7. The first-order chi connectivity index (χ1) is 10.2. The highest BCUT2D eigenvalue weighted by Gasteiger charge is 2.33. The second-order valence-electron chi connectivity index (χ2n) is 5.48. The van der Waals surface area contributed by atoms with Gasteiger partial charge in [0.05, 0.1) is 38.1 Å². The predicted molar refractivity (Wildman–Crippen MR) is 79.3 cm³/mol. The molecule has 2 fully saturated rings. The van der Waals surface area contributed by atoms with Crippen LogP contribution < -0.4 is 10.6 Å². The summed E-state index contributed by atoms with van der Waals surface area (Å²) in [6.45, 7) is 4.13. The van der Waals surface area contributed by atoms with E-state index in [4.69, 9.17) is 15.2 Å². The van der Waals surface area contributed by atoms with Crippen molar-refractivity contribution in [1.82, 2.24) is 4.90 Å². The van der Waals surface area contributed by atoms with Gasteiger partial charge in [0.15, 0.2) is 0 Å². The van der Waals surface area contributed by atoms with Gasteiger partial charge in [-0.1, -0.05) is 6.07 Å². The van der Waals surface area contributed by atoms with Crippen molar-refractivity contribution in [2.75, 3.05) is 44.9 Å². The molecule has 0 bridgehead atoms. The van der Waals surface area contributed by atoms with Gasteiger partial charge in [0.1, 0.15) is 0 Å². The zero-order chi connectivity index (χ0) is 14.8. The Morgan fingerprint density at radius 3 is 2.81 bits per heavy atom. The number of carbonyl (C=O) groups is 1. The number of ether oxygens (including phenoxy) is 2. The van der Waals surface area contributed by atoms with Crippen molar-refractivity contribution in [3.63, 3.8) is 0 Å². The first-order valence-corrected chi connectivity index (χ1v) is 7.21. The summed E-state index contributed by atoms with van der Waals surface area (Å²) < 4.78 is 10.0. The van der Waals surface area contributed by atoms with Gasteiger partial charge in [-0.15, -0.1) is 0 Å². The molecule has 2 aliphatic heterocycles. The van der Waals surface area contributed by atoms with Crippen LogP contribution in [-0.4, -0.2) is 63.0 Å². The van der Waals surface area contributed by atoms with Gasteiger partial charge < -0.3 is 20.1 Å². The summed E-state index contributed by atoms with van der Waals surface area (Å²) in [6, 6.07) is 7.96. The Balaban J connectivity index is 1.69. The van der Waals surface area contributed by atoms with Crippen LogP contribution in [-0.2, 0) is 9.47 Å². The molecule has 1 aromatic carbocycles. The molecule has 1 unspecified atom stereocenters. The minimum atomic E-state index is -0.314. The Hall–Kier alpha value is -1.63. The fraction of sp³-hybridized carbons (Fsp3) is 0.533. The molecule has 21 heavy (non-hydrogen) atoms. The van der Waals surface area contributed by atoms with Crippen LogP contribution >= 0.6 is 0 Å². The van der Waals surface area contributed by atoms with Crippen molar-refractivity contribution >= 4 is 11.7 Å². The lowest BCUT2D eigenvalue weighted by Gasteiger charge is -2.46.